The second kappa shape index (κ2) is 4.28. The Morgan fingerprint density at radius 3 is 2.86 bits per heavy atom. The molecule has 0 N–H and O–H groups in total. The number of ether oxygens (including phenoxy) is 1. The SMILES string of the molecule is COC(=O)c1cc2cccnc2n2c1nc1ccccc12. The first kappa shape index (κ1) is 11.8. The lowest BCUT2D eigenvalue weighted by Gasteiger charge is -2.06. The van der Waals surface area contributed by atoms with Crippen molar-refractivity contribution in [3.05, 3.63) is 54.2 Å². The summed E-state index contributed by atoms with van der Waals surface area (Å²) in [5, 5.41) is 0.869. The van der Waals surface area contributed by atoms with Crippen LogP contribution < -0.4 is 0 Å². The van der Waals surface area contributed by atoms with E-state index in [-0.39, 0.29) is 0 Å². The van der Waals surface area contributed by atoms with E-state index in [2.05, 4.69) is 9.97 Å². The minimum Gasteiger partial charge on any atom is -0.465 e. The van der Waals surface area contributed by atoms with E-state index < -0.39 is 5.97 Å². The normalized spacial score (nSPS) is 11.3. The molecule has 0 saturated carbocycles. The number of hydrogen-bond acceptors (Lipinski definition) is 4. The first-order valence-corrected chi connectivity index (χ1v) is 6.53. The molecule has 5 heteroatoms. The zero-order valence-electron chi connectivity index (χ0n) is 11.3. The van der Waals surface area contributed by atoms with Gasteiger partial charge in [-0.05, 0) is 30.3 Å². The Kier molecular flexibility index (Phi) is 2.41. The van der Waals surface area contributed by atoms with Crippen molar-refractivity contribution in [3.63, 3.8) is 0 Å². The number of aromatic nitrogens is 3. The third-order valence-corrected chi connectivity index (χ3v) is 3.54. The molecule has 0 fully saturated rings. The van der Waals surface area contributed by atoms with Crippen molar-refractivity contribution in [1.29, 1.82) is 0 Å². The maximum absolute atomic E-state index is 12.1. The van der Waals surface area contributed by atoms with Crippen LogP contribution in [0.2, 0.25) is 0 Å². The molecule has 0 aliphatic rings. The lowest BCUT2D eigenvalue weighted by atomic mass is 10.2. The van der Waals surface area contributed by atoms with E-state index in [0.29, 0.717) is 11.2 Å². The molecule has 0 unspecified atom stereocenters. The van der Waals surface area contributed by atoms with Gasteiger partial charge in [-0.15, -0.1) is 0 Å². The Morgan fingerprint density at radius 1 is 1.14 bits per heavy atom. The molecule has 5 nitrogen and oxygen atoms in total. The van der Waals surface area contributed by atoms with Gasteiger partial charge >= 0.3 is 5.97 Å². The predicted octanol–water partition coefficient (Wildman–Crippen LogP) is 2.82. The summed E-state index contributed by atoms with van der Waals surface area (Å²) >= 11 is 0. The first-order chi connectivity index (χ1) is 10.3. The largest absolute Gasteiger partial charge is 0.465 e. The zero-order chi connectivity index (χ0) is 14.4. The quantitative estimate of drug-likeness (QED) is 0.502. The van der Waals surface area contributed by atoms with Crippen molar-refractivity contribution >= 4 is 33.7 Å². The summed E-state index contributed by atoms with van der Waals surface area (Å²) in [4.78, 5) is 21.0. The Morgan fingerprint density at radius 2 is 2.00 bits per heavy atom. The molecule has 0 radical (unpaired) electrons. The van der Waals surface area contributed by atoms with Gasteiger partial charge in [0.15, 0.2) is 5.65 Å². The number of para-hydroxylation sites is 2. The van der Waals surface area contributed by atoms with Gasteiger partial charge in [-0.3, -0.25) is 4.40 Å². The highest BCUT2D eigenvalue weighted by atomic mass is 16.5. The number of carbonyl (C=O) groups excluding carboxylic acids is 1. The highest BCUT2D eigenvalue weighted by Gasteiger charge is 2.18. The Balaban J connectivity index is 2.30. The average molecular weight is 277 g/mol. The summed E-state index contributed by atoms with van der Waals surface area (Å²) in [7, 11) is 1.37. The second-order valence-electron chi connectivity index (χ2n) is 4.73. The average Bonchev–Trinajstić information content (AvgIpc) is 2.93. The first-order valence-electron chi connectivity index (χ1n) is 6.53. The summed E-state index contributed by atoms with van der Waals surface area (Å²) in [6.07, 6.45) is 1.73. The topological polar surface area (TPSA) is 56.5 Å². The van der Waals surface area contributed by atoms with Crippen LogP contribution in [-0.2, 0) is 4.74 Å². The van der Waals surface area contributed by atoms with E-state index in [4.69, 9.17) is 4.74 Å². The number of pyridine rings is 2. The molecule has 0 spiro atoms. The smallest absolute Gasteiger partial charge is 0.341 e. The van der Waals surface area contributed by atoms with Crippen LogP contribution >= 0.6 is 0 Å². The van der Waals surface area contributed by atoms with Crippen molar-refractivity contribution in [2.75, 3.05) is 7.11 Å². The molecule has 102 valence electrons. The third-order valence-electron chi connectivity index (χ3n) is 3.54. The number of imidazole rings is 1. The Bertz CT molecular complexity index is 1000. The molecule has 0 saturated heterocycles. The molecule has 0 amide bonds. The number of esters is 1. The van der Waals surface area contributed by atoms with Crippen LogP contribution in [0.3, 0.4) is 0 Å². The van der Waals surface area contributed by atoms with Crippen LogP contribution in [0.25, 0.3) is 27.7 Å². The van der Waals surface area contributed by atoms with Crippen molar-refractivity contribution in [2.24, 2.45) is 0 Å². The maximum atomic E-state index is 12.1. The fourth-order valence-electron chi connectivity index (χ4n) is 2.61. The number of benzene rings is 1. The maximum Gasteiger partial charge on any atom is 0.341 e. The van der Waals surface area contributed by atoms with E-state index in [9.17, 15) is 4.79 Å². The van der Waals surface area contributed by atoms with Gasteiger partial charge in [-0.1, -0.05) is 12.1 Å². The van der Waals surface area contributed by atoms with Crippen LogP contribution in [0.15, 0.2) is 48.7 Å². The number of carbonyl (C=O) groups is 1. The van der Waals surface area contributed by atoms with Crippen molar-refractivity contribution in [2.45, 2.75) is 0 Å². The highest BCUT2D eigenvalue weighted by Crippen LogP contribution is 2.25. The van der Waals surface area contributed by atoms with Crippen LogP contribution in [-0.4, -0.2) is 27.4 Å². The summed E-state index contributed by atoms with van der Waals surface area (Å²) in [5.74, 6) is -0.402. The molecule has 0 aliphatic carbocycles. The van der Waals surface area contributed by atoms with E-state index in [1.165, 1.54) is 7.11 Å². The molecule has 0 atom stereocenters. The summed E-state index contributed by atoms with van der Waals surface area (Å²) in [6, 6.07) is 13.3. The van der Waals surface area contributed by atoms with Crippen LogP contribution in [0.5, 0.6) is 0 Å². The number of hydrogen-bond donors (Lipinski definition) is 0. The van der Waals surface area contributed by atoms with E-state index in [1.807, 2.05) is 40.8 Å². The Hall–Kier alpha value is -2.95. The van der Waals surface area contributed by atoms with Gasteiger partial charge in [0.25, 0.3) is 0 Å². The fourth-order valence-corrected chi connectivity index (χ4v) is 2.61. The molecule has 3 aromatic heterocycles. The fraction of sp³-hybridized carbons (Fsp3) is 0.0625. The summed E-state index contributed by atoms with van der Waals surface area (Å²) < 4.78 is 6.78. The molecule has 4 aromatic rings. The van der Waals surface area contributed by atoms with E-state index in [1.54, 1.807) is 12.3 Å². The monoisotopic (exact) mass is 277 g/mol. The van der Waals surface area contributed by atoms with Crippen molar-refractivity contribution < 1.29 is 9.53 Å². The molecule has 3 heterocycles. The molecule has 4 rings (SSSR count). The minimum atomic E-state index is -0.402. The van der Waals surface area contributed by atoms with E-state index >= 15 is 0 Å². The summed E-state index contributed by atoms with van der Waals surface area (Å²) in [6.45, 7) is 0. The van der Waals surface area contributed by atoms with Gasteiger partial charge in [-0.2, -0.15) is 0 Å². The predicted molar refractivity (Wildman–Crippen MR) is 79.3 cm³/mol. The number of rotatable bonds is 1. The van der Waals surface area contributed by atoms with Crippen molar-refractivity contribution in [1.82, 2.24) is 14.4 Å². The number of nitrogens with zero attached hydrogens (tertiary/aromatic N) is 3. The number of methoxy groups -OCH3 is 1. The lowest BCUT2D eigenvalue weighted by molar-refractivity contribution is 0.0602. The molecule has 1 aromatic carbocycles. The van der Waals surface area contributed by atoms with Crippen molar-refractivity contribution in [3.8, 4) is 0 Å². The Labute approximate surface area is 119 Å². The van der Waals surface area contributed by atoms with Gasteiger partial charge in [0.2, 0.25) is 0 Å². The van der Waals surface area contributed by atoms with Crippen LogP contribution in [0.1, 0.15) is 10.4 Å². The molecular weight excluding hydrogens is 266 g/mol. The van der Waals surface area contributed by atoms with Crippen LogP contribution in [0.4, 0.5) is 0 Å². The molecule has 21 heavy (non-hydrogen) atoms. The van der Waals surface area contributed by atoms with Crippen LogP contribution in [0, 0.1) is 0 Å². The minimum absolute atomic E-state index is 0.402. The number of fused-ring (bicyclic) bond motifs is 5. The third kappa shape index (κ3) is 1.61. The van der Waals surface area contributed by atoms with Gasteiger partial charge in [0, 0.05) is 11.6 Å². The van der Waals surface area contributed by atoms with Gasteiger partial charge in [0.05, 0.1) is 18.1 Å². The van der Waals surface area contributed by atoms with Gasteiger partial charge < -0.3 is 4.74 Å². The summed E-state index contributed by atoms with van der Waals surface area (Å²) in [5.41, 5.74) is 3.51. The second-order valence-corrected chi connectivity index (χ2v) is 4.73. The standard InChI is InChI=1S/C16H11N3O2/c1-21-16(20)11-9-10-5-4-8-17-14(10)19-13-7-3-2-6-12(13)18-15(11)19/h2-9H,1H3. The van der Waals surface area contributed by atoms with Gasteiger partial charge in [-0.25, -0.2) is 14.8 Å². The molecule has 0 bridgehead atoms. The van der Waals surface area contributed by atoms with E-state index in [0.717, 1.165) is 22.1 Å². The lowest BCUT2D eigenvalue weighted by Crippen LogP contribution is -2.05. The molecular formula is C16H11N3O2. The zero-order valence-corrected chi connectivity index (χ0v) is 11.3. The van der Waals surface area contributed by atoms with Gasteiger partial charge in [0.1, 0.15) is 11.2 Å². The highest BCUT2D eigenvalue weighted by molar-refractivity contribution is 6.02. The molecule has 0 aliphatic heterocycles.